The van der Waals surface area contributed by atoms with Crippen molar-refractivity contribution in [3.63, 3.8) is 0 Å². The van der Waals surface area contributed by atoms with Crippen molar-refractivity contribution in [1.29, 1.82) is 0 Å². The van der Waals surface area contributed by atoms with Crippen LogP contribution in [0.4, 0.5) is 0 Å². The van der Waals surface area contributed by atoms with E-state index in [4.69, 9.17) is 23.0 Å². The van der Waals surface area contributed by atoms with Crippen molar-refractivity contribution in [3.8, 4) is 35.2 Å². The summed E-state index contributed by atoms with van der Waals surface area (Å²) in [6, 6.07) is 4.60. The number of aliphatic hydroxyl groups is 2. The smallest absolute Gasteiger partial charge is 0.336 e. The van der Waals surface area contributed by atoms with E-state index in [0.717, 1.165) is 12.8 Å². The Morgan fingerprint density at radius 3 is 2.50 bits per heavy atom. The third-order valence-corrected chi connectivity index (χ3v) is 6.73. The number of hydrogen-bond donors (Lipinski definition) is 2. The number of allylic oxidation sites excluding steroid dienone is 1. The molecule has 0 aliphatic heterocycles. The van der Waals surface area contributed by atoms with E-state index >= 15 is 0 Å². The molecule has 0 amide bonds. The third-order valence-electron chi connectivity index (χ3n) is 6.73. The summed E-state index contributed by atoms with van der Waals surface area (Å²) < 4.78 is 28.5. The zero-order valence-electron chi connectivity index (χ0n) is 24.8. The van der Waals surface area contributed by atoms with E-state index in [-0.39, 0.29) is 17.9 Å². The predicted octanol–water partition coefficient (Wildman–Crippen LogP) is 5.92. The predicted molar refractivity (Wildman–Crippen MR) is 164 cm³/mol. The SMILES string of the molecule is C=C[C@@H](C#CC#C[C@@H](O)C=CCCCCCCC)OC(C)(C)[C@H](O)COc1c2occc2c(OC)c2ccc(=O)oc12. The van der Waals surface area contributed by atoms with Crippen molar-refractivity contribution < 1.29 is 33.3 Å². The normalized spacial score (nSPS) is 13.7. The van der Waals surface area contributed by atoms with E-state index in [1.807, 2.05) is 6.08 Å². The molecule has 42 heavy (non-hydrogen) atoms. The van der Waals surface area contributed by atoms with Gasteiger partial charge in [0.2, 0.25) is 5.75 Å². The molecule has 8 heteroatoms. The molecule has 0 bridgehead atoms. The fourth-order valence-electron chi connectivity index (χ4n) is 4.29. The van der Waals surface area contributed by atoms with E-state index in [1.54, 1.807) is 32.1 Å². The van der Waals surface area contributed by atoms with Gasteiger partial charge in [0.15, 0.2) is 11.2 Å². The van der Waals surface area contributed by atoms with Crippen LogP contribution in [0.1, 0.15) is 59.3 Å². The number of fused-ring (bicyclic) bond motifs is 2. The van der Waals surface area contributed by atoms with Gasteiger partial charge >= 0.3 is 5.63 Å². The maximum absolute atomic E-state index is 12.0. The highest BCUT2D eigenvalue weighted by atomic mass is 16.5. The van der Waals surface area contributed by atoms with Gasteiger partial charge in [-0.2, -0.15) is 0 Å². The first kappa shape index (κ1) is 32.6. The number of aliphatic hydroxyl groups excluding tert-OH is 2. The number of unbranched alkanes of at least 4 members (excludes halogenated alkanes) is 5. The fraction of sp³-hybridized carbons (Fsp3) is 0.441. The third kappa shape index (κ3) is 8.77. The van der Waals surface area contributed by atoms with E-state index in [2.05, 4.69) is 37.2 Å². The molecule has 2 N–H and O–H groups in total. The van der Waals surface area contributed by atoms with E-state index < -0.39 is 29.5 Å². The lowest BCUT2D eigenvalue weighted by atomic mass is 10.0. The summed E-state index contributed by atoms with van der Waals surface area (Å²) in [5.41, 5.74) is -1.23. The molecule has 3 atom stereocenters. The Hall–Kier alpha value is -3.95. The first-order valence-electron chi connectivity index (χ1n) is 14.2. The van der Waals surface area contributed by atoms with Crippen LogP contribution in [0.2, 0.25) is 0 Å². The van der Waals surface area contributed by atoms with Gasteiger partial charge in [0.25, 0.3) is 0 Å². The molecule has 0 saturated heterocycles. The van der Waals surface area contributed by atoms with E-state index in [0.29, 0.717) is 22.1 Å². The molecule has 0 fully saturated rings. The van der Waals surface area contributed by atoms with Crippen molar-refractivity contribution in [1.82, 2.24) is 0 Å². The number of ether oxygens (including phenoxy) is 3. The number of methoxy groups -OCH3 is 1. The fourth-order valence-corrected chi connectivity index (χ4v) is 4.29. The number of hydrogen-bond acceptors (Lipinski definition) is 8. The topological polar surface area (TPSA) is 112 Å². The van der Waals surface area contributed by atoms with Crippen LogP contribution in [0.3, 0.4) is 0 Å². The maximum Gasteiger partial charge on any atom is 0.336 e. The summed E-state index contributed by atoms with van der Waals surface area (Å²) in [4.78, 5) is 12.0. The molecular weight excluding hydrogens is 536 g/mol. The molecule has 0 radical (unpaired) electrons. The van der Waals surface area contributed by atoms with Gasteiger partial charge in [-0.15, -0.1) is 0 Å². The van der Waals surface area contributed by atoms with Gasteiger partial charge in [0.05, 0.1) is 29.7 Å². The van der Waals surface area contributed by atoms with Gasteiger partial charge in [0.1, 0.15) is 30.7 Å². The molecule has 0 aliphatic rings. The van der Waals surface area contributed by atoms with Crippen LogP contribution in [-0.4, -0.2) is 47.8 Å². The summed E-state index contributed by atoms with van der Waals surface area (Å²) >= 11 is 0. The van der Waals surface area contributed by atoms with Crippen molar-refractivity contribution in [2.75, 3.05) is 13.7 Å². The highest BCUT2D eigenvalue weighted by Crippen LogP contribution is 2.42. The molecule has 2 heterocycles. The monoisotopic (exact) mass is 576 g/mol. The molecule has 0 unspecified atom stereocenters. The van der Waals surface area contributed by atoms with Crippen LogP contribution in [0.15, 0.2) is 62.9 Å². The second kappa shape index (κ2) is 15.9. The highest BCUT2D eigenvalue weighted by Gasteiger charge is 2.32. The maximum atomic E-state index is 12.0. The number of furan rings is 1. The molecule has 1 aromatic carbocycles. The van der Waals surface area contributed by atoms with Crippen molar-refractivity contribution in [3.05, 3.63) is 59.7 Å². The zero-order chi connectivity index (χ0) is 30.5. The first-order chi connectivity index (χ1) is 20.2. The Labute approximate surface area is 246 Å². The second-order valence-electron chi connectivity index (χ2n) is 10.3. The summed E-state index contributed by atoms with van der Waals surface area (Å²) in [5, 5.41) is 22.2. The molecule has 3 aromatic rings. The molecule has 8 nitrogen and oxygen atoms in total. The molecular formula is C34H40O8. The minimum Gasteiger partial charge on any atom is -0.495 e. The summed E-state index contributed by atoms with van der Waals surface area (Å²) in [6.07, 6.45) is 10.7. The number of rotatable bonds is 15. The Morgan fingerprint density at radius 1 is 1.02 bits per heavy atom. The quantitative estimate of drug-likeness (QED) is 0.0993. The van der Waals surface area contributed by atoms with Crippen LogP contribution < -0.4 is 15.1 Å². The van der Waals surface area contributed by atoms with Crippen LogP contribution >= 0.6 is 0 Å². The minimum atomic E-state index is -1.13. The Bertz CT molecular complexity index is 1540. The van der Waals surface area contributed by atoms with Crippen LogP contribution in [0.25, 0.3) is 21.9 Å². The lowest BCUT2D eigenvalue weighted by Gasteiger charge is -2.32. The van der Waals surface area contributed by atoms with Crippen LogP contribution in [-0.2, 0) is 4.74 Å². The van der Waals surface area contributed by atoms with Gasteiger partial charge in [-0.25, -0.2) is 4.79 Å². The summed E-state index contributed by atoms with van der Waals surface area (Å²) in [6.45, 7) is 9.12. The van der Waals surface area contributed by atoms with Crippen LogP contribution in [0, 0.1) is 23.7 Å². The molecule has 2 aromatic heterocycles. The standard InChI is InChI=1S/C34H40O8/c1-6-8-9-10-11-12-13-16-24(35)17-14-15-18-25(7-2)42-34(3,4)28(36)23-40-33-31-27(21-22-39-31)30(38-5)26-19-20-29(37)41-32(26)33/h7,13,16,19-22,24-25,28,35-36H,2,6,8-12,23H2,1,3-5H3/t24-,25-,28+/m0/s1. The molecule has 224 valence electrons. The van der Waals surface area contributed by atoms with Crippen LogP contribution in [0.5, 0.6) is 11.5 Å². The first-order valence-corrected chi connectivity index (χ1v) is 14.2. The molecule has 3 rings (SSSR count). The van der Waals surface area contributed by atoms with Gasteiger partial charge in [-0.05, 0) is 56.7 Å². The van der Waals surface area contributed by atoms with Gasteiger partial charge < -0.3 is 33.3 Å². The Balaban J connectivity index is 1.63. The molecule has 0 spiro atoms. The van der Waals surface area contributed by atoms with E-state index in [1.165, 1.54) is 51.2 Å². The summed E-state index contributed by atoms with van der Waals surface area (Å²) in [7, 11) is 1.51. The average molecular weight is 577 g/mol. The molecule has 0 saturated carbocycles. The number of benzene rings is 1. The average Bonchev–Trinajstić information content (AvgIpc) is 3.45. The highest BCUT2D eigenvalue weighted by molar-refractivity contribution is 6.06. The molecule has 0 aliphatic carbocycles. The second-order valence-corrected chi connectivity index (χ2v) is 10.3. The minimum absolute atomic E-state index is 0.144. The summed E-state index contributed by atoms with van der Waals surface area (Å²) in [5.74, 6) is 11.5. The van der Waals surface area contributed by atoms with Crippen molar-refractivity contribution in [2.45, 2.75) is 83.2 Å². The Kier molecular flexibility index (Phi) is 12.3. The van der Waals surface area contributed by atoms with Gasteiger partial charge in [-0.3, -0.25) is 0 Å². The van der Waals surface area contributed by atoms with Crippen molar-refractivity contribution >= 4 is 21.9 Å². The van der Waals surface area contributed by atoms with Gasteiger partial charge in [0, 0.05) is 6.07 Å². The largest absolute Gasteiger partial charge is 0.495 e. The van der Waals surface area contributed by atoms with E-state index in [9.17, 15) is 15.0 Å². The lowest BCUT2D eigenvalue weighted by Crippen LogP contribution is -2.44. The van der Waals surface area contributed by atoms with Crippen molar-refractivity contribution in [2.24, 2.45) is 0 Å². The lowest BCUT2D eigenvalue weighted by molar-refractivity contribution is -0.118. The zero-order valence-corrected chi connectivity index (χ0v) is 24.8. The Morgan fingerprint density at radius 2 is 1.76 bits per heavy atom. The van der Waals surface area contributed by atoms with Gasteiger partial charge in [-0.1, -0.05) is 63.2 Å².